The summed E-state index contributed by atoms with van der Waals surface area (Å²) in [6, 6.07) is 14.0. The molecule has 10 heteroatoms. The Morgan fingerprint density at radius 3 is 2.53 bits per heavy atom. The number of rotatable bonds is 4. The lowest BCUT2D eigenvalue weighted by molar-refractivity contribution is 0.730. The first kappa shape index (κ1) is 21.1. The summed E-state index contributed by atoms with van der Waals surface area (Å²) in [6.07, 6.45) is 0. The topological polar surface area (TPSA) is 149 Å². The van der Waals surface area contributed by atoms with E-state index in [1.54, 1.807) is 25.1 Å². The fourth-order valence-corrected chi connectivity index (χ4v) is 3.73. The molecule has 0 bridgehead atoms. The number of fused-ring (bicyclic) bond motifs is 1. The average Bonchev–Trinajstić information content (AvgIpc) is 2.76. The van der Waals surface area contributed by atoms with Crippen LogP contribution in [0.25, 0.3) is 16.6 Å². The lowest BCUT2D eigenvalue weighted by Crippen LogP contribution is -2.28. The molecule has 0 aliphatic carbocycles. The van der Waals surface area contributed by atoms with Crippen molar-refractivity contribution in [2.75, 3.05) is 16.8 Å². The maximum Gasteiger partial charge on any atom is 0.267 e. The van der Waals surface area contributed by atoms with Gasteiger partial charge in [-0.25, -0.2) is 4.98 Å². The Kier molecular flexibility index (Phi) is 5.38. The van der Waals surface area contributed by atoms with Gasteiger partial charge in [0.1, 0.15) is 23.3 Å². The first-order valence-corrected chi connectivity index (χ1v) is 10.1. The Hall–Kier alpha value is -4.16. The van der Waals surface area contributed by atoms with E-state index in [2.05, 4.69) is 15.3 Å². The minimum atomic E-state index is -0.563. The zero-order valence-corrected chi connectivity index (χ0v) is 18.1. The number of halogens is 1. The number of aromatic nitrogens is 4. The van der Waals surface area contributed by atoms with Crippen LogP contribution in [-0.2, 0) is 0 Å². The standard InChI is InChI=1S/C22H19ClN8O/c1-11-8-9-15(23)16-17(11)28-20(31(21(16)32)13-6-4-3-5-7-13)12(2)27-19-14(10-24)18(25)29-22(26)30-19/h3-9,12H,1-2H3,(H5,25,26,27,29,30). The van der Waals surface area contributed by atoms with E-state index in [9.17, 15) is 10.1 Å². The Labute approximate surface area is 188 Å². The highest BCUT2D eigenvalue weighted by Gasteiger charge is 2.22. The molecule has 2 aromatic heterocycles. The van der Waals surface area contributed by atoms with Gasteiger partial charge in [-0.2, -0.15) is 15.2 Å². The van der Waals surface area contributed by atoms with Gasteiger partial charge in [0, 0.05) is 0 Å². The molecule has 4 rings (SSSR count). The number of anilines is 3. The number of nitrogen functional groups attached to an aromatic ring is 2. The van der Waals surface area contributed by atoms with Crippen LogP contribution in [0.2, 0.25) is 5.02 Å². The third kappa shape index (κ3) is 3.57. The van der Waals surface area contributed by atoms with Gasteiger partial charge in [-0.1, -0.05) is 35.9 Å². The largest absolute Gasteiger partial charge is 0.382 e. The molecule has 0 radical (unpaired) electrons. The molecule has 1 atom stereocenters. The fraction of sp³-hybridized carbons (Fsp3) is 0.136. The van der Waals surface area contributed by atoms with E-state index >= 15 is 0 Å². The predicted octanol–water partition coefficient (Wildman–Crippen LogP) is 3.35. The maximum absolute atomic E-state index is 13.6. The van der Waals surface area contributed by atoms with Crippen molar-refractivity contribution in [2.45, 2.75) is 19.9 Å². The van der Waals surface area contributed by atoms with Crippen LogP contribution in [0.15, 0.2) is 47.3 Å². The first-order valence-electron chi connectivity index (χ1n) is 9.68. The summed E-state index contributed by atoms with van der Waals surface area (Å²) in [6.45, 7) is 3.65. The zero-order valence-electron chi connectivity index (χ0n) is 17.3. The molecule has 4 aromatic rings. The smallest absolute Gasteiger partial charge is 0.267 e. The van der Waals surface area contributed by atoms with Gasteiger partial charge in [0.25, 0.3) is 5.56 Å². The van der Waals surface area contributed by atoms with Crippen LogP contribution in [0, 0.1) is 18.3 Å². The van der Waals surface area contributed by atoms with Crippen LogP contribution in [0.5, 0.6) is 0 Å². The van der Waals surface area contributed by atoms with Gasteiger partial charge in [0.15, 0.2) is 5.82 Å². The average molecular weight is 447 g/mol. The van der Waals surface area contributed by atoms with Crippen LogP contribution in [0.4, 0.5) is 17.6 Å². The number of hydrogen-bond acceptors (Lipinski definition) is 8. The number of nitrogens with one attached hydrogen (secondary N) is 1. The third-order valence-electron chi connectivity index (χ3n) is 5.02. The number of para-hydroxylation sites is 1. The molecule has 32 heavy (non-hydrogen) atoms. The van der Waals surface area contributed by atoms with Crippen molar-refractivity contribution in [3.63, 3.8) is 0 Å². The molecule has 160 valence electrons. The maximum atomic E-state index is 13.6. The molecule has 0 fully saturated rings. The third-order valence-corrected chi connectivity index (χ3v) is 5.34. The summed E-state index contributed by atoms with van der Waals surface area (Å²) in [5.74, 6) is 0.440. The number of nitriles is 1. The predicted molar refractivity (Wildman–Crippen MR) is 125 cm³/mol. The molecule has 0 amide bonds. The SMILES string of the molecule is Cc1ccc(Cl)c2c(=O)n(-c3ccccc3)c(C(C)Nc3nc(N)nc(N)c3C#N)nc12. The second-order valence-electron chi connectivity index (χ2n) is 7.20. The van der Waals surface area contributed by atoms with Gasteiger partial charge in [-0.05, 0) is 37.6 Å². The molecule has 2 aromatic carbocycles. The highest BCUT2D eigenvalue weighted by Crippen LogP contribution is 2.28. The van der Waals surface area contributed by atoms with E-state index in [4.69, 9.17) is 28.1 Å². The number of nitrogens with zero attached hydrogens (tertiary/aromatic N) is 5. The Morgan fingerprint density at radius 1 is 1.12 bits per heavy atom. The number of nitrogens with two attached hydrogens (primary N) is 2. The van der Waals surface area contributed by atoms with Crippen LogP contribution < -0.4 is 22.3 Å². The summed E-state index contributed by atoms with van der Waals surface area (Å²) in [7, 11) is 0. The number of hydrogen-bond donors (Lipinski definition) is 3. The Morgan fingerprint density at radius 2 is 1.84 bits per heavy atom. The van der Waals surface area contributed by atoms with Gasteiger partial charge in [-0.3, -0.25) is 9.36 Å². The van der Waals surface area contributed by atoms with Gasteiger partial charge in [-0.15, -0.1) is 0 Å². The highest BCUT2D eigenvalue weighted by atomic mass is 35.5. The molecular weight excluding hydrogens is 428 g/mol. The summed E-state index contributed by atoms with van der Waals surface area (Å²) >= 11 is 6.38. The monoisotopic (exact) mass is 446 g/mol. The lowest BCUT2D eigenvalue weighted by atomic mass is 10.1. The molecule has 2 heterocycles. The van der Waals surface area contributed by atoms with E-state index in [0.29, 0.717) is 27.4 Å². The van der Waals surface area contributed by atoms with Crippen LogP contribution >= 0.6 is 11.6 Å². The molecule has 9 nitrogen and oxygen atoms in total. The van der Waals surface area contributed by atoms with E-state index < -0.39 is 6.04 Å². The van der Waals surface area contributed by atoms with Gasteiger partial charge in [0.2, 0.25) is 5.95 Å². The van der Waals surface area contributed by atoms with E-state index in [-0.39, 0.29) is 28.7 Å². The quantitative estimate of drug-likeness (QED) is 0.432. The summed E-state index contributed by atoms with van der Waals surface area (Å²) in [4.78, 5) is 26.3. The molecule has 0 spiro atoms. The summed E-state index contributed by atoms with van der Waals surface area (Å²) < 4.78 is 1.49. The van der Waals surface area contributed by atoms with Crippen LogP contribution in [0.1, 0.15) is 29.9 Å². The zero-order chi connectivity index (χ0) is 23.0. The van der Waals surface area contributed by atoms with Gasteiger partial charge < -0.3 is 16.8 Å². The van der Waals surface area contributed by atoms with E-state index in [1.165, 1.54) is 4.57 Å². The second kappa shape index (κ2) is 8.17. The molecular formula is C22H19ClN8O. The minimum absolute atomic E-state index is 0.0377. The van der Waals surface area contributed by atoms with E-state index in [0.717, 1.165) is 5.56 Å². The Balaban J connectivity index is 1.97. The minimum Gasteiger partial charge on any atom is -0.382 e. The van der Waals surface area contributed by atoms with Crippen molar-refractivity contribution in [2.24, 2.45) is 0 Å². The van der Waals surface area contributed by atoms with E-state index in [1.807, 2.05) is 37.3 Å². The van der Waals surface area contributed by atoms with Crippen molar-refractivity contribution in [3.05, 3.63) is 74.8 Å². The summed E-state index contributed by atoms with van der Waals surface area (Å²) in [5, 5.41) is 13.2. The molecule has 0 aliphatic heterocycles. The first-order chi connectivity index (χ1) is 15.3. The molecule has 1 unspecified atom stereocenters. The molecule has 0 saturated heterocycles. The number of benzene rings is 2. The lowest BCUT2D eigenvalue weighted by Gasteiger charge is -2.21. The molecule has 0 aliphatic rings. The van der Waals surface area contributed by atoms with Gasteiger partial charge in [0.05, 0.1) is 27.7 Å². The normalized spacial score (nSPS) is 11.8. The van der Waals surface area contributed by atoms with Gasteiger partial charge >= 0.3 is 0 Å². The van der Waals surface area contributed by atoms with Crippen molar-refractivity contribution in [1.82, 2.24) is 19.5 Å². The van der Waals surface area contributed by atoms with Crippen LogP contribution in [0.3, 0.4) is 0 Å². The van der Waals surface area contributed by atoms with Crippen molar-refractivity contribution < 1.29 is 0 Å². The van der Waals surface area contributed by atoms with Crippen LogP contribution in [-0.4, -0.2) is 19.5 Å². The van der Waals surface area contributed by atoms with Crippen molar-refractivity contribution in [1.29, 1.82) is 5.26 Å². The second-order valence-corrected chi connectivity index (χ2v) is 7.61. The Bertz CT molecular complexity index is 1440. The molecule has 0 saturated carbocycles. The number of aryl methyl sites for hydroxylation is 1. The highest BCUT2D eigenvalue weighted by molar-refractivity contribution is 6.35. The van der Waals surface area contributed by atoms with Crippen molar-refractivity contribution in [3.8, 4) is 11.8 Å². The fourth-order valence-electron chi connectivity index (χ4n) is 3.50. The van der Waals surface area contributed by atoms with Crippen molar-refractivity contribution >= 4 is 40.1 Å². The summed E-state index contributed by atoms with van der Waals surface area (Å²) in [5.41, 5.74) is 13.2. The molecule has 5 N–H and O–H groups in total.